The van der Waals surface area contributed by atoms with Gasteiger partial charge in [-0.05, 0) is 61.4 Å². The Bertz CT molecular complexity index is 2070. The number of thiazole rings is 1. The first-order valence-electron chi connectivity index (χ1n) is 13.6. The molecule has 2 aromatic heterocycles. The fourth-order valence-corrected chi connectivity index (χ4v) is 6.20. The van der Waals surface area contributed by atoms with E-state index in [1.807, 2.05) is 79.7 Å². The van der Waals surface area contributed by atoms with Crippen molar-refractivity contribution in [1.82, 2.24) is 4.57 Å². The fraction of sp³-hybridized carbons (Fsp3) is 0.118. The standard InChI is InChI=1S/C34H27N3O5S/c1-20-18-23(33(40)41-3)14-16-26(20)27-17-15-25(42-27)19-28-32(39)37-30(22-10-6-4-7-11-22)29(21(2)35-34(37)43-28)31(38)36-24-12-8-5-9-13-24/h4-19,30H,1-3H3,(H,36,38)/b28-19+/t30-/m0/s1. The van der Waals surface area contributed by atoms with Gasteiger partial charge in [0.2, 0.25) is 0 Å². The number of amides is 1. The van der Waals surface area contributed by atoms with Crippen LogP contribution in [-0.2, 0) is 9.53 Å². The van der Waals surface area contributed by atoms with Gasteiger partial charge in [-0.1, -0.05) is 65.9 Å². The summed E-state index contributed by atoms with van der Waals surface area (Å²) in [4.78, 5) is 44.7. The third-order valence-electron chi connectivity index (χ3n) is 7.23. The number of methoxy groups -OCH3 is 1. The van der Waals surface area contributed by atoms with E-state index in [-0.39, 0.29) is 11.5 Å². The van der Waals surface area contributed by atoms with Crippen molar-refractivity contribution in [2.75, 3.05) is 12.4 Å². The molecule has 0 spiro atoms. The zero-order chi connectivity index (χ0) is 30.1. The number of benzene rings is 3. The zero-order valence-corrected chi connectivity index (χ0v) is 24.5. The fourth-order valence-electron chi connectivity index (χ4n) is 5.17. The van der Waals surface area contributed by atoms with E-state index in [1.54, 1.807) is 35.8 Å². The number of para-hydroxylation sites is 1. The first-order valence-corrected chi connectivity index (χ1v) is 14.4. The Morgan fingerprint density at radius 2 is 1.70 bits per heavy atom. The number of hydrogen-bond donors (Lipinski definition) is 1. The number of aromatic nitrogens is 1. The third-order valence-corrected chi connectivity index (χ3v) is 8.21. The van der Waals surface area contributed by atoms with Crippen LogP contribution in [0.25, 0.3) is 17.4 Å². The van der Waals surface area contributed by atoms with Crippen LogP contribution in [-0.4, -0.2) is 23.6 Å². The second-order valence-electron chi connectivity index (χ2n) is 10.0. The summed E-state index contributed by atoms with van der Waals surface area (Å²) >= 11 is 1.24. The molecule has 0 aliphatic carbocycles. The minimum Gasteiger partial charge on any atom is -0.465 e. The molecule has 0 bridgehead atoms. The highest BCUT2D eigenvalue weighted by Gasteiger charge is 2.32. The van der Waals surface area contributed by atoms with E-state index in [9.17, 15) is 14.4 Å². The number of anilines is 1. The first-order chi connectivity index (χ1) is 20.8. The summed E-state index contributed by atoms with van der Waals surface area (Å²) in [5.41, 5.74) is 4.25. The van der Waals surface area contributed by atoms with Crippen LogP contribution in [0.3, 0.4) is 0 Å². The molecule has 3 heterocycles. The van der Waals surface area contributed by atoms with Crippen LogP contribution in [0.15, 0.2) is 116 Å². The lowest BCUT2D eigenvalue weighted by molar-refractivity contribution is -0.113. The largest absolute Gasteiger partial charge is 0.465 e. The van der Waals surface area contributed by atoms with Gasteiger partial charge in [-0.15, -0.1) is 0 Å². The number of allylic oxidation sites excluding steroid dienone is 1. The lowest BCUT2D eigenvalue weighted by Gasteiger charge is -2.25. The first kappa shape index (κ1) is 27.9. The Kier molecular flexibility index (Phi) is 7.48. The van der Waals surface area contributed by atoms with Gasteiger partial charge in [0.25, 0.3) is 11.5 Å². The molecule has 214 valence electrons. The highest BCUT2D eigenvalue weighted by Crippen LogP contribution is 2.31. The predicted molar refractivity (Wildman–Crippen MR) is 166 cm³/mol. The highest BCUT2D eigenvalue weighted by atomic mass is 32.1. The minimum absolute atomic E-state index is 0.272. The van der Waals surface area contributed by atoms with E-state index in [1.165, 1.54) is 18.4 Å². The smallest absolute Gasteiger partial charge is 0.337 e. The summed E-state index contributed by atoms with van der Waals surface area (Å²) in [6.45, 7) is 3.68. The minimum atomic E-state index is -0.661. The molecular formula is C34H27N3O5S. The number of nitrogens with one attached hydrogen (secondary N) is 1. The maximum Gasteiger partial charge on any atom is 0.337 e. The highest BCUT2D eigenvalue weighted by molar-refractivity contribution is 7.07. The molecule has 3 aromatic carbocycles. The Hall–Kier alpha value is -5.28. The molecule has 1 N–H and O–H groups in total. The number of carbonyl (C=O) groups excluding carboxylic acids is 2. The van der Waals surface area contributed by atoms with Crippen LogP contribution >= 0.6 is 11.3 Å². The number of esters is 1. The number of fused-ring (bicyclic) bond motifs is 1. The summed E-state index contributed by atoms with van der Waals surface area (Å²) < 4.78 is 12.9. The SMILES string of the molecule is COC(=O)c1ccc(-c2ccc(/C=c3/sc4n(c3=O)[C@@H](c3ccccc3)C(C(=O)Nc3ccccc3)=C(C)N=4)o2)c(C)c1. The number of nitrogens with zero attached hydrogens (tertiary/aromatic N) is 2. The van der Waals surface area contributed by atoms with Crippen molar-refractivity contribution in [2.24, 2.45) is 4.99 Å². The quantitative estimate of drug-likeness (QED) is 0.273. The number of furan rings is 1. The molecular weight excluding hydrogens is 562 g/mol. The van der Waals surface area contributed by atoms with Crippen molar-refractivity contribution < 1.29 is 18.7 Å². The third kappa shape index (κ3) is 5.38. The Labute approximate surface area is 250 Å². The molecule has 1 aliphatic heterocycles. The average molecular weight is 590 g/mol. The normalized spacial score (nSPS) is 14.7. The van der Waals surface area contributed by atoms with E-state index in [0.29, 0.717) is 43.4 Å². The van der Waals surface area contributed by atoms with Crippen molar-refractivity contribution >= 4 is 35.0 Å². The molecule has 5 aromatic rings. The van der Waals surface area contributed by atoms with Gasteiger partial charge in [0.1, 0.15) is 11.5 Å². The molecule has 1 amide bonds. The molecule has 6 rings (SSSR count). The summed E-state index contributed by atoms with van der Waals surface area (Å²) in [6.07, 6.45) is 1.69. The summed E-state index contributed by atoms with van der Waals surface area (Å²) in [7, 11) is 1.35. The maximum absolute atomic E-state index is 13.9. The average Bonchev–Trinajstić information content (AvgIpc) is 3.60. The van der Waals surface area contributed by atoms with Gasteiger partial charge >= 0.3 is 5.97 Å². The summed E-state index contributed by atoms with van der Waals surface area (Å²) in [5.74, 6) is 0.367. The van der Waals surface area contributed by atoms with Crippen molar-refractivity contribution in [1.29, 1.82) is 0 Å². The molecule has 1 aliphatic rings. The van der Waals surface area contributed by atoms with Crippen molar-refractivity contribution in [2.45, 2.75) is 19.9 Å². The molecule has 9 heteroatoms. The van der Waals surface area contributed by atoms with Crippen LogP contribution in [0.1, 0.15) is 40.2 Å². The number of ether oxygens (including phenoxy) is 1. The van der Waals surface area contributed by atoms with Gasteiger partial charge in [0, 0.05) is 17.3 Å². The molecule has 0 saturated heterocycles. The van der Waals surface area contributed by atoms with E-state index in [4.69, 9.17) is 14.1 Å². The van der Waals surface area contributed by atoms with Crippen LogP contribution in [0.4, 0.5) is 5.69 Å². The van der Waals surface area contributed by atoms with Gasteiger partial charge in [0.05, 0.1) is 34.5 Å². The molecule has 0 radical (unpaired) electrons. The summed E-state index contributed by atoms with van der Waals surface area (Å²) in [6, 6.07) is 26.9. The lowest BCUT2D eigenvalue weighted by Crippen LogP contribution is -2.40. The molecule has 0 fully saturated rings. The zero-order valence-electron chi connectivity index (χ0n) is 23.7. The second-order valence-corrected chi connectivity index (χ2v) is 11.0. The Morgan fingerprint density at radius 1 is 0.977 bits per heavy atom. The van der Waals surface area contributed by atoms with Crippen molar-refractivity contribution in [3.05, 3.63) is 144 Å². The van der Waals surface area contributed by atoms with Crippen molar-refractivity contribution in [3.63, 3.8) is 0 Å². The molecule has 43 heavy (non-hydrogen) atoms. The van der Waals surface area contributed by atoms with Gasteiger partial charge in [-0.2, -0.15) is 0 Å². The Morgan fingerprint density at radius 3 is 2.40 bits per heavy atom. The Balaban J connectivity index is 1.40. The van der Waals surface area contributed by atoms with E-state index >= 15 is 0 Å². The number of aryl methyl sites for hydroxylation is 1. The number of carbonyl (C=O) groups is 2. The number of rotatable bonds is 6. The molecule has 8 nitrogen and oxygen atoms in total. The predicted octanol–water partition coefficient (Wildman–Crippen LogP) is 5.23. The molecule has 1 atom stereocenters. The topological polar surface area (TPSA) is 103 Å². The van der Waals surface area contributed by atoms with Crippen LogP contribution < -0.4 is 20.2 Å². The molecule has 0 unspecified atom stereocenters. The van der Waals surface area contributed by atoms with E-state index in [0.717, 1.165) is 16.7 Å². The lowest BCUT2D eigenvalue weighted by atomic mass is 9.95. The van der Waals surface area contributed by atoms with Crippen LogP contribution in [0.5, 0.6) is 0 Å². The van der Waals surface area contributed by atoms with Crippen molar-refractivity contribution in [3.8, 4) is 11.3 Å². The van der Waals surface area contributed by atoms with E-state index in [2.05, 4.69) is 5.32 Å². The van der Waals surface area contributed by atoms with Gasteiger partial charge in [-0.3, -0.25) is 14.2 Å². The summed E-state index contributed by atoms with van der Waals surface area (Å²) in [5, 5.41) is 2.96. The van der Waals surface area contributed by atoms with Gasteiger partial charge in [-0.25, -0.2) is 9.79 Å². The van der Waals surface area contributed by atoms with Gasteiger partial charge < -0.3 is 14.5 Å². The van der Waals surface area contributed by atoms with Gasteiger partial charge in [0.15, 0.2) is 4.80 Å². The van der Waals surface area contributed by atoms with E-state index < -0.39 is 12.0 Å². The monoisotopic (exact) mass is 589 g/mol. The second kappa shape index (κ2) is 11.5. The maximum atomic E-state index is 13.9. The van der Waals surface area contributed by atoms with Crippen LogP contribution in [0, 0.1) is 6.92 Å². The number of hydrogen-bond acceptors (Lipinski definition) is 7. The molecule has 0 saturated carbocycles. The van der Waals surface area contributed by atoms with Crippen LogP contribution in [0.2, 0.25) is 0 Å².